The van der Waals surface area contributed by atoms with E-state index in [1.807, 2.05) is 24.3 Å². The lowest BCUT2D eigenvalue weighted by atomic mass is 10.1. The van der Waals surface area contributed by atoms with Gasteiger partial charge in [-0.15, -0.1) is 0 Å². The molecule has 0 aliphatic carbocycles. The van der Waals surface area contributed by atoms with E-state index in [0.29, 0.717) is 9.23 Å². The van der Waals surface area contributed by atoms with E-state index in [1.165, 1.54) is 31.0 Å². The molecule has 3 heterocycles. The normalized spacial score (nSPS) is 20.0. The highest BCUT2D eigenvalue weighted by Gasteiger charge is 2.24. The molecule has 2 saturated heterocycles. The second-order valence-electron chi connectivity index (χ2n) is 5.99. The minimum Gasteiger partial charge on any atom is -0.356 e. The maximum absolute atomic E-state index is 12.0. The molecule has 1 aromatic carbocycles. The Labute approximate surface area is 150 Å². The summed E-state index contributed by atoms with van der Waals surface area (Å²) in [5.74, 6) is 0.842. The molecule has 0 atom stereocenters. The number of rotatable bonds is 2. The van der Waals surface area contributed by atoms with Gasteiger partial charge in [0.15, 0.2) is 0 Å². The Bertz CT molecular complexity index is 856. The first-order valence-corrected chi connectivity index (χ1v) is 9.33. The molecule has 0 bridgehead atoms. The highest BCUT2D eigenvalue weighted by atomic mass is 32.2. The third-order valence-corrected chi connectivity index (χ3v) is 5.48. The van der Waals surface area contributed by atoms with Crippen LogP contribution in [0, 0.1) is 0 Å². The van der Waals surface area contributed by atoms with E-state index in [9.17, 15) is 4.79 Å². The van der Waals surface area contributed by atoms with Crippen molar-refractivity contribution in [1.29, 1.82) is 0 Å². The van der Waals surface area contributed by atoms with Crippen LogP contribution < -0.4 is 10.2 Å². The maximum Gasteiger partial charge on any atom is 0.263 e. The molecule has 1 aromatic heterocycles. The van der Waals surface area contributed by atoms with Crippen LogP contribution in [0.25, 0.3) is 17.0 Å². The summed E-state index contributed by atoms with van der Waals surface area (Å²) in [4.78, 5) is 19.9. The van der Waals surface area contributed by atoms with Gasteiger partial charge in [-0.05, 0) is 37.5 Å². The number of piperidine rings is 1. The number of thioether (sulfide) groups is 1. The van der Waals surface area contributed by atoms with Crippen LogP contribution in [-0.2, 0) is 4.79 Å². The fourth-order valence-electron chi connectivity index (χ4n) is 3.15. The molecular formula is C18H17N3OS2. The SMILES string of the molecule is O=C1NC(=S)S/C1=C/c1cc2ccccc2nc1N1CCCCC1. The van der Waals surface area contributed by atoms with Crippen molar-refractivity contribution in [3.63, 3.8) is 0 Å². The average Bonchev–Trinajstić information content (AvgIpc) is 2.92. The maximum atomic E-state index is 12.0. The van der Waals surface area contributed by atoms with Gasteiger partial charge in [-0.1, -0.05) is 42.2 Å². The highest BCUT2D eigenvalue weighted by Crippen LogP contribution is 2.32. The number of hydrogen-bond donors (Lipinski definition) is 1. The van der Waals surface area contributed by atoms with E-state index in [4.69, 9.17) is 17.2 Å². The lowest BCUT2D eigenvalue weighted by molar-refractivity contribution is -0.115. The van der Waals surface area contributed by atoms with Crippen molar-refractivity contribution in [2.45, 2.75) is 19.3 Å². The number of benzene rings is 1. The van der Waals surface area contributed by atoms with Gasteiger partial charge in [0.2, 0.25) is 0 Å². The highest BCUT2D eigenvalue weighted by molar-refractivity contribution is 8.26. The molecule has 4 rings (SSSR count). The van der Waals surface area contributed by atoms with E-state index >= 15 is 0 Å². The molecule has 0 saturated carbocycles. The average molecular weight is 355 g/mol. The van der Waals surface area contributed by atoms with Crippen LogP contribution in [0.4, 0.5) is 5.82 Å². The number of fused-ring (bicyclic) bond motifs is 1. The van der Waals surface area contributed by atoms with E-state index in [1.54, 1.807) is 0 Å². The Morgan fingerprint density at radius 1 is 1.21 bits per heavy atom. The van der Waals surface area contributed by atoms with E-state index in [-0.39, 0.29) is 5.91 Å². The number of amides is 1. The third-order valence-electron chi connectivity index (χ3n) is 4.32. The van der Waals surface area contributed by atoms with Crippen molar-refractivity contribution in [2.75, 3.05) is 18.0 Å². The molecule has 2 aromatic rings. The Balaban J connectivity index is 1.83. The van der Waals surface area contributed by atoms with Crippen molar-refractivity contribution in [3.8, 4) is 0 Å². The second-order valence-corrected chi connectivity index (χ2v) is 7.71. The van der Waals surface area contributed by atoms with Crippen molar-refractivity contribution < 1.29 is 4.79 Å². The first-order chi connectivity index (χ1) is 11.7. The molecule has 24 heavy (non-hydrogen) atoms. The lowest BCUT2D eigenvalue weighted by Gasteiger charge is -2.29. The number of aromatic nitrogens is 1. The van der Waals surface area contributed by atoms with E-state index in [2.05, 4.69) is 22.3 Å². The first-order valence-electron chi connectivity index (χ1n) is 8.10. The molecule has 0 radical (unpaired) electrons. The molecule has 1 N–H and O–H groups in total. The minimum absolute atomic E-state index is 0.122. The van der Waals surface area contributed by atoms with Crippen LogP contribution in [-0.4, -0.2) is 28.3 Å². The predicted octanol–water partition coefficient (Wildman–Crippen LogP) is 3.71. The van der Waals surface area contributed by atoms with Crippen molar-refractivity contribution in [3.05, 3.63) is 40.8 Å². The zero-order valence-corrected chi connectivity index (χ0v) is 14.8. The van der Waals surface area contributed by atoms with Gasteiger partial charge >= 0.3 is 0 Å². The quantitative estimate of drug-likeness (QED) is 0.657. The molecule has 0 unspecified atom stereocenters. The number of anilines is 1. The van der Waals surface area contributed by atoms with Gasteiger partial charge in [-0.25, -0.2) is 4.98 Å². The van der Waals surface area contributed by atoms with Crippen LogP contribution >= 0.6 is 24.0 Å². The second kappa shape index (κ2) is 6.53. The molecule has 2 fully saturated rings. The van der Waals surface area contributed by atoms with Gasteiger partial charge in [0.25, 0.3) is 5.91 Å². The number of para-hydroxylation sites is 1. The number of nitrogens with one attached hydrogen (secondary N) is 1. The van der Waals surface area contributed by atoms with Crippen LogP contribution in [0.2, 0.25) is 0 Å². The summed E-state index contributed by atoms with van der Waals surface area (Å²) < 4.78 is 0.513. The number of nitrogens with zero attached hydrogens (tertiary/aromatic N) is 2. The van der Waals surface area contributed by atoms with Crippen molar-refractivity contribution in [2.24, 2.45) is 0 Å². The number of carbonyl (C=O) groups is 1. The topological polar surface area (TPSA) is 45.2 Å². The lowest BCUT2D eigenvalue weighted by Crippen LogP contribution is -2.30. The van der Waals surface area contributed by atoms with Crippen LogP contribution in [0.5, 0.6) is 0 Å². The van der Waals surface area contributed by atoms with Crippen molar-refractivity contribution in [1.82, 2.24) is 10.3 Å². The van der Waals surface area contributed by atoms with Crippen LogP contribution in [0.15, 0.2) is 35.2 Å². The Morgan fingerprint density at radius 2 is 2.00 bits per heavy atom. The molecule has 6 heteroatoms. The number of pyridine rings is 1. The Hall–Kier alpha value is -1.92. The molecule has 122 valence electrons. The summed E-state index contributed by atoms with van der Waals surface area (Å²) in [5.41, 5.74) is 1.97. The molecule has 1 amide bonds. The molecule has 2 aliphatic rings. The summed E-state index contributed by atoms with van der Waals surface area (Å²) in [7, 11) is 0. The minimum atomic E-state index is -0.122. The number of thiocarbonyl (C=S) groups is 1. The number of carbonyl (C=O) groups excluding carboxylic acids is 1. The Morgan fingerprint density at radius 3 is 2.75 bits per heavy atom. The van der Waals surface area contributed by atoms with Gasteiger partial charge in [-0.3, -0.25) is 4.79 Å². The summed E-state index contributed by atoms with van der Waals surface area (Å²) in [6, 6.07) is 10.2. The van der Waals surface area contributed by atoms with Crippen molar-refractivity contribution >= 4 is 57.0 Å². The molecular weight excluding hydrogens is 338 g/mol. The standard InChI is InChI=1S/C18H17N3OS2/c22-17-15(24-18(23)20-17)11-13-10-12-6-2-3-7-14(12)19-16(13)21-8-4-1-5-9-21/h2-3,6-7,10-11H,1,4-5,8-9H2,(H,20,22,23)/b15-11+. The Kier molecular flexibility index (Phi) is 4.24. The van der Waals surface area contributed by atoms with Gasteiger partial charge in [-0.2, -0.15) is 0 Å². The smallest absolute Gasteiger partial charge is 0.263 e. The van der Waals surface area contributed by atoms with Gasteiger partial charge in [0, 0.05) is 24.0 Å². The molecule has 2 aliphatic heterocycles. The first kappa shape index (κ1) is 15.6. The summed E-state index contributed by atoms with van der Waals surface area (Å²) in [6.07, 6.45) is 5.56. The zero-order chi connectivity index (χ0) is 16.5. The molecule has 0 spiro atoms. The summed E-state index contributed by atoms with van der Waals surface area (Å²) in [6.45, 7) is 2.03. The fourth-order valence-corrected chi connectivity index (χ4v) is 4.18. The van der Waals surface area contributed by atoms with Gasteiger partial charge in [0.05, 0.1) is 10.4 Å². The van der Waals surface area contributed by atoms with Crippen LogP contribution in [0.1, 0.15) is 24.8 Å². The van der Waals surface area contributed by atoms with E-state index < -0.39 is 0 Å². The van der Waals surface area contributed by atoms with Crippen LogP contribution in [0.3, 0.4) is 0 Å². The monoisotopic (exact) mass is 355 g/mol. The fraction of sp³-hybridized carbons (Fsp3) is 0.278. The predicted molar refractivity (Wildman–Crippen MR) is 104 cm³/mol. The summed E-state index contributed by atoms with van der Waals surface area (Å²) >= 11 is 6.40. The van der Waals surface area contributed by atoms with Gasteiger partial charge < -0.3 is 10.2 Å². The largest absolute Gasteiger partial charge is 0.356 e. The number of hydrogen-bond acceptors (Lipinski definition) is 5. The molecule has 4 nitrogen and oxygen atoms in total. The third kappa shape index (κ3) is 3.03. The van der Waals surface area contributed by atoms with E-state index in [0.717, 1.165) is 35.4 Å². The summed E-state index contributed by atoms with van der Waals surface area (Å²) in [5, 5.41) is 3.76. The van der Waals surface area contributed by atoms with Gasteiger partial charge in [0.1, 0.15) is 10.1 Å². The zero-order valence-electron chi connectivity index (χ0n) is 13.1.